The van der Waals surface area contributed by atoms with Crippen molar-refractivity contribution in [1.29, 1.82) is 0 Å². The summed E-state index contributed by atoms with van der Waals surface area (Å²) in [6.45, 7) is 1.79. The lowest BCUT2D eigenvalue weighted by Crippen LogP contribution is -2.17. The third kappa shape index (κ3) is 3.83. The monoisotopic (exact) mass is 236 g/mol. The van der Waals surface area contributed by atoms with Gasteiger partial charge in [0.25, 0.3) is 0 Å². The highest BCUT2D eigenvalue weighted by atomic mass is 35.5. The fourth-order valence-corrected chi connectivity index (χ4v) is 1.25. The van der Waals surface area contributed by atoms with Gasteiger partial charge >= 0.3 is 6.36 Å². The van der Waals surface area contributed by atoms with Crippen LogP contribution in [0.15, 0.2) is 24.3 Å². The Bertz CT molecular complexity index is 371. The summed E-state index contributed by atoms with van der Waals surface area (Å²) in [5, 5.41) is 0.217. The Balaban J connectivity index is 2.92. The van der Waals surface area contributed by atoms with E-state index >= 15 is 0 Å². The topological polar surface area (TPSA) is 9.23 Å². The number of hydrogen-bond donors (Lipinski definition) is 0. The first-order valence-electron chi connectivity index (χ1n) is 4.10. The molecule has 0 saturated carbocycles. The van der Waals surface area contributed by atoms with Crippen molar-refractivity contribution < 1.29 is 17.9 Å². The van der Waals surface area contributed by atoms with Crippen LogP contribution in [-0.2, 0) is 0 Å². The molecular formula is C10H8ClF3O. The zero-order valence-corrected chi connectivity index (χ0v) is 8.56. The third-order valence-electron chi connectivity index (χ3n) is 1.55. The van der Waals surface area contributed by atoms with E-state index in [1.807, 2.05) is 0 Å². The molecular weight excluding hydrogens is 229 g/mol. The fourth-order valence-electron chi connectivity index (χ4n) is 1.02. The maximum absolute atomic E-state index is 11.8. The van der Waals surface area contributed by atoms with Crippen molar-refractivity contribution in [1.82, 2.24) is 0 Å². The predicted molar refractivity (Wildman–Crippen MR) is 52.8 cm³/mol. The Morgan fingerprint density at radius 3 is 2.47 bits per heavy atom. The first-order valence-corrected chi connectivity index (χ1v) is 4.48. The molecule has 15 heavy (non-hydrogen) atoms. The summed E-state index contributed by atoms with van der Waals surface area (Å²) in [5.74, 6) is -0.319. The molecule has 0 N–H and O–H groups in total. The minimum Gasteiger partial charge on any atom is -0.406 e. The van der Waals surface area contributed by atoms with Gasteiger partial charge in [0.2, 0.25) is 0 Å². The number of ether oxygens (including phenoxy) is 1. The molecule has 0 aromatic heterocycles. The summed E-state index contributed by atoms with van der Waals surface area (Å²) in [7, 11) is 0. The van der Waals surface area contributed by atoms with Gasteiger partial charge < -0.3 is 4.74 Å². The summed E-state index contributed by atoms with van der Waals surface area (Å²) < 4.78 is 39.2. The molecule has 0 aliphatic heterocycles. The number of allylic oxidation sites excluding steroid dienone is 1. The van der Waals surface area contributed by atoms with Gasteiger partial charge in [0.05, 0.1) is 5.02 Å². The Kier molecular flexibility index (Phi) is 3.63. The molecule has 0 radical (unpaired) electrons. The fraction of sp³-hybridized carbons (Fsp3) is 0.200. The Labute approximate surface area is 90.1 Å². The molecule has 0 aliphatic rings. The van der Waals surface area contributed by atoms with E-state index in [1.54, 1.807) is 19.1 Å². The minimum atomic E-state index is -4.69. The molecule has 1 aromatic carbocycles. The van der Waals surface area contributed by atoms with Crippen LogP contribution in [0.3, 0.4) is 0 Å². The van der Waals surface area contributed by atoms with Gasteiger partial charge in [0.15, 0.2) is 0 Å². The van der Waals surface area contributed by atoms with Gasteiger partial charge in [-0.2, -0.15) is 0 Å². The van der Waals surface area contributed by atoms with Crippen LogP contribution in [0.25, 0.3) is 6.08 Å². The summed E-state index contributed by atoms with van der Waals surface area (Å²) in [6, 6.07) is 3.81. The molecule has 0 heterocycles. The van der Waals surface area contributed by atoms with Crippen LogP contribution in [0, 0.1) is 0 Å². The van der Waals surface area contributed by atoms with Crippen LogP contribution in [0.2, 0.25) is 5.02 Å². The van der Waals surface area contributed by atoms with Gasteiger partial charge in [0.1, 0.15) is 5.75 Å². The molecule has 1 aromatic rings. The molecule has 0 amide bonds. The van der Waals surface area contributed by atoms with Crippen LogP contribution in [0.5, 0.6) is 5.75 Å². The maximum Gasteiger partial charge on any atom is 0.573 e. The van der Waals surface area contributed by atoms with Crippen molar-refractivity contribution in [3.05, 3.63) is 34.9 Å². The van der Waals surface area contributed by atoms with Crippen LogP contribution < -0.4 is 4.74 Å². The second-order valence-electron chi connectivity index (χ2n) is 2.73. The lowest BCUT2D eigenvalue weighted by atomic mass is 10.2. The first-order chi connectivity index (χ1) is 6.92. The average Bonchev–Trinajstić information content (AvgIpc) is 2.07. The molecule has 1 nitrogen and oxygen atoms in total. The van der Waals surface area contributed by atoms with Crippen molar-refractivity contribution in [2.24, 2.45) is 0 Å². The zero-order valence-electron chi connectivity index (χ0n) is 7.81. The van der Waals surface area contributed by atoms with Crippen molar-refractivity contribution in [3.63, 3.8) is 0 Å². The van der Waals surface area contributed by atoms with E-state index in [1.165, 1.54) is 12.1 Å². The van der Waals surface area contributed by atoms with E-state index < -0.39 is 6.36 Å². The van der Waals surface area contributed by atoms with E-state index in [4.69, 9.17) is 11.6 Å². The standard InChI is InChI=1S/C10H8ClF3O/c1-2-3-7-4-5-8(6-9(7)11)15-10(12,13)14/h2-6H,1H3/b3-2+. The van der Waals surface area contributed by atoms with Crippen molar-refractivity contribution >= 4 is 17.7 Å². The highest BCUT2D eigenvalue weighted by molar-refractivity contribution is 6.32. The zero-order chi connectivity index (χ0) is 11.5. The summed E-state index contributed by atoms with van der Waals surface area (Å²) in [4.78, 5) is 0. The van der Waals surface area contributed by atoms with Crippen molar-refractivity contribution in [3.8, 4) is 5.75 Å². The summed E-state index contributed by atoms with van der Waals surface area (Å²) >= 11 is 5.74. The molecule has 0 spiro atoms. The summed E-state index contributed by atoms with van der Waals surface area (Å²) in [6.07, 6.45) is -1.25. The van der Waals surface area contributed by atoms with E-state index in [0.717, 1.165) is 6.07 Å². The average molecular weight is 237 g/mol. The van der Waals surface area contributed by atoms with Crippen LogP contribution in [0.4, 0.5) is 13.2 Å². The van der Waals surface area contributed by atoms with Gasteiger partial charge in [-0.15, -0.1) is 13.2 Å². The molecule has 5 heteroatoms. The lowest BCUT2D eigenvalue weighted by molar-refractivity contribution is -0.274. The van der Waals surface area contributed by atoms with E-state index in [-0.39, 0.29) is 10.8 Å². The second kappa shape index (κ2) is 4.57. The van der Waals surface area contributed by atoms with Gasteiger partial charge in [-0.25, -0.2) is 0 Å². The molecule has 0 atom stereocenters. The van der Waals surface area contributed by atoms with Crippen LogP contribution in [-0.4, -0.2) is 6.36 Å². The van der Waals surface area contributed by atoms with Gasteiger partial charge in [0, 0.05) is 0 Å². The number of alkyl halides is 3. The third-order valence-corrected chi connectivity index (χ3v) is 1.88. The smallest absolute Gasteiger partial charge is 0.406 e. The Morgan fingerprint density at radius 2 is 2.00 bits per heavy atom. The Hall–Kier alpha value is -1.16. The number of hydrogen-bond acceptors (Lipinski definition) is 1. The normalized spacial score (nSPS) is 12.1. The highest BCUT2D eigenvalue weighted by Gasteiger charge is 2.31. The van der Waals surface area contributed by atoms with Gasteiger partial charge in [-0.3, -0.25) is 0 Å². The number of benzene rings is 1. The molecule has 0 fully saturated rings. The predicted octanol–water partition coefficient (Wildman–Crippen LogP) is 4.27. The number of halogens is 4. The van der Waals surface area contributed by atoms with Crippen LogP contribution in [0.1, 0.15) is 12.5 Å². The molecule has 0 saturated heterocycles. The van der Waals surface area contributed by atoms with Crippen molar-refractivity contribution in [2.75, 3.05) is 0 Å². The first kappa shape index (κ1) is 11.9. The molecule has 0 bridgehead atoms. The molecule has 82 valence electrons. The second-order valence-corrected chi connectivity index (χ2v) is 3.14. The maximum atomic E-state index is 11.8. The van der Waals surface area contributed by atoms with Gasteiger partial charge in [-0.05, 0) is 30.7 Å². The molecule has 0 aliphatic carbocycles. The van der Waals surface area contributed by atoms with Crippen LogP contribution >= 0.6 is 11.6 Å². The molecule has 0 unspecified atom stereocenters. The van der Waals surface area contributed by atoms with Crippen molar-refractivity contribution in [2.45, 2.75) is 13.3 Å². The quantitative estimate of drug-likeness (QED) is 0.745. The summed E-state index contributed by atoms with van der Waals surface area (Å²) in [5.41, 5.74) is 0.647. The SMILES string of the molecule is C/C=C/c1ccc(OC(F)(F)F)cc1Cl. The number of rotatable bonds is 2. The lowest BCUT2D eigenvalue weighted by Gasteiger charge is -2.09. The van der Waals surface area contributed by atoms with E-state index in [0.29, 0.717) is 5.56 Å². The highest BCUT2D eigenvalue weighted by Crippen LogP contribution is 2.27. The minimum absolute atomic E-state index is 0.217. The van der Waals surface area contributed by atoms with E-state index in [2.05, 4.69) is 4.74 Å². The van der Waals surface area contributed by atoms with E-state index in [9.17, 15) is 13.2 Å². The Morgan fingerprint density at radius 1 is 1.33 bits per heavy atom. The molecule has 1 rings (SSSR count). The largest absolute Gasteiger partial charge is 0.573 e. The van der Waals surface area contributed by atoms with Gasteiger partial charge in [-0.1, -0.05) is 23.8 Å².